The molecule has 2 fully saturated rings. The van der Waals surface area contributed by atoms with Crippen molar-refractivity contribution in [3.05, 3.63) is 29.8 Å². The van der Waals surface area contributed by atoms with Gasteiger partial charge in [-0.3, -0.25) is 4.79 Å². The zero-order valence-corrected chi connectivity index (χ0v) is 16.7. The van der Waals surface area contributed by atoms with Gasteiger partial charge in [-0.1, -0.05) is 31.2 Å². The highest BCUT2D eigenvalue weighted by atomic mass is 16.7. The molecule has 0 unspecified atom stereocenters. The van der Waals surface area contributed by atoms with Gasteiger partial charge in [-0.25, -0.2) is 0 Å². The standard InChI is InChI=1S/C20H31BN2O3/c1-6-22-11-13-23(14-12-22)18(24)15-16-7-9-17(10-8-16)21-25-19(2,3)20(4,5)26-21/h7-10H,6,11-15H2,1-5H3. The second-order valence-electron chi connectivity index (χ2n) is 8.32. The third-order valence-corrected chi connectivity index (χ3v) is 6.03. The van der Waals surface area contributed by atoms with Crippen LogP contribution in [0.15, 0.2) is 24.3 Å². The number of benzene rings is 1. The van der Waals surface area contributed by atoms with Crippen LogP contribution in [0.25, 0.3) is 0 Å². The molecule has 0 aliphatic carbocycles. The first-order valence-electron chi connectivity index (χ1n) is 9.66. The van der Waals surface area contributed by atoms with Crippen molar-refractivity contribution >= 4 is 18.5 Å². The van der Waals surface area contributed by atoms with Crippen LogP contribution < -0.4 is 5.46 Å². The second kappa shape index (κ2) is 7.33. The Morgan fingerprint density at radius 3 is 2.04 bits per heavy atom. The molecule has 1 aromatic carbocycles. The van der Waals surface area contributed by atoms with E-state index in [0.29, 0.717) is 6.42 Å². The highest BCUT2D eigenvalue weighted by Crippen LogP contribution is 2.36. The molecule has 2 heterocycles. The maximum absolute atomic E-state index is 12.5. The second-order valence-corrected chi connectivity index (χ2v) is 8.32. The molecule has 2 aliphatic rings. The minimum absolute atomic E-state index is 0.212. The smallest absolute Gasteiger partial charge is 0.399 e. The summed E-state index contributed by atoms with van der Waals surface area (Å²) < 4.78 is 12.2. The number of hydrogen-bond donors (Lipinski definition) is 0. The van der Waals surface area contributed by atoms with E-state index < -0.39 is 0 Å². The lowest BCUT2D eigenvalue weighted by molar-refractivity contribution is -0.132. The van der Waals surface area contributed by atoms with Crippen LogP contribution in [-0.4, -0.2) is 66.8 Å². The Bertz CT molecular complexity index is 621. The summed E-state index contributed by atoms with van der Waals surface area (Å²) in [6.45, 7) is 15.1. The van der Waals surface area contributed by atoms with E-state index in [1.54, 1.807) is 0 Å². The zero-order valence-electron chi connectivity index (χ0n) is 16.7. The highest BCUT2D eigenvalue weighted by Gasteiger charge is 2.51. The van der Waals surface area contributed by atoms with Crippen LogP contribution in [-0.2, 0) is 20.5 Å². The SMILES string of the molecule is CCN1CCN(C(=O)Cc2ccc(B3OC(C)(C)C(C)(C)O3)cc2)CC1. The molecule has 0 saturated carbocycles. The highest BCUT2D eigenvalue weighted by molar-refractivity contribution is 6.62. The van der Waals surface area contributed by atoms with Crippen molar-refractivity contribution < 1.29 is 14.1 Å². The third-order valence-electron chi connectivity index (χ3n) is 6.03. The van der Waals surface area contributed by atoms with E-state index in [0.717, 1.165) is 43.8 Å². The Morgan fingerprint density at radius 1 is 1.00 bits per heavy atom. The molecule has 26 heavy (non-hydrogen) atoms. The molecule has 142 valence electrons. The fraction of sp³-hybridized carbons (Fsp3) is 0.650. The average Bonchev–Trinajstić information content (AvgIpc) is 2.83. The van der Waals surface area contributed by atoms with E-state index in [-0.39, 0.29) is 24.2 Å². The first kappa shape index (κ1) is 19.4. The number of rotatable bonds is 4. The van der Waals surface area contributed by atoms with Crippen LogP contribution in [0.2, 0.25) is 0 Å². The summed E-state index contributed by atoms with van der Waals surface area (Å²) in [7, 11) is -0.355. The summed E-state index contributed by atoms with van der Waals surface area (Å²) in [5, 5.41) is 0. The Labute approximate surface area is 157 Å². The Balaban J connectivity index is 1.58. The van der Waals surface area contributed by atoms with E-state index in [1.165, 1.54) is 0 Å². The summed E-state index contributed by atoms with van der Waals surface area (Å²) in [6.07, 6.45) is 0.454. The molecule has 0 spiro atoms. The van der Waals surface area contributed by atoms with Gasteiger partial charge in [0.05, 0.1) is 17.6 Å². The summed E-state index contributed by atoms with van der Waals surface area (Å²) >= 11 is 0. The minimum atomic E-state index is -0.355. The molecule has 6 heteroatoms. The number of nitrogens with zero attached hydrogens (tertiary/aromatic N) is 2. The van der Waals surface area contributed by atoms with Crippen molar-refractivity contribution in [1.82, 2.24) is 9.80 Å². The molecule has 2 aliphatic heterocycles. The maximum atomic E-state index is 12.5. The van der Waals surface area contributed by atoms with Gasteiger partial charge in [0.2, 0.25) is 5.91 Å². The molecule has 1 amide bonds. The lowest BCUT2D eigenvalue weighted by Gasteiger charge is -2.34. The van der Waals surface area contributed by atoms with Crippen LogP contribution in [0.1, 0.15) is 40.2 Å². The van der Waals surface area contributed by atoms with Crippen LogP contribution in [0.5, 0.6) is 0 Å². The van der Waals surface area contributed by atoms with Crippen LogP contribution in [0.3, 0.4) is 0 Å². The van der Waals surface area contributed by atoms with E-state index >= 15 is 0 Å². The molecular weight excluding hydrogens is 327 g/mol. The van der Waals surface area contributed by atoms with Gasteiger partial charge in [-0.05, 0) is 45.3 Å². The average molecular weight is 358 g/mol. The molecular formula is C20H31BN2O3. The minimum Gasteiger partial charge on any atom is -0.399 e. The first-order valence-corrected chi connectivity index (χ1v) is 9.66. The number of hydrogen-bond acceptors (Lipinski definition) is 4. The van der Waals surface area contributed by atoms with Gasteiger partial charge in [-0.2, -0.15) is 0 Å². The number of amides is 1. The van der Waals surface area contributed by atoms with E-state index in [1.807, 2.05) is 29.2 Å². The van der Waals surface area contributed by atoms with Crippen molar-refractivity contribution in [3.63, 3.8) is 0 Å². The van der Waals surface area contributed by atoms with Crippen molar-refractivity contribution in [2.75, 3.05) is 32.7 Å². The normalized spacial score (nSPS) is 22.7. The largest absolute Gasteiger partial charge is 0.494 e. The van der Waals surface area contributed by atoms with Gasteiger partial charge in [0.1, 0.15) is 0 Å². The van der Waals surface area contributed by atoms with Gasteiger partial charge in [-0.15, -0.1) is 0 Å². The van der Waals surface area contributed by atoms with Gasteiger partial charge in [0, 0.05) is 26.2 Å². The molecule has 0 aromatic heterocycles. The summed E-state index contributed by atoms with van der Waals surface area (Å²) in [4.78, 5) is 16.9. The van der Waals surface area contributed by atoms with E-state index in [2.05, 4.69) is 39.5 Å². The lowest BCUT2D eigenvalue weighted by atomic mass is 9.79. The first-order chi connectivity index (χ1) is 12.2. The third kappa shape index (κ3) is 3.97. The van der Waals surface area contributed by atoms with Crippen molar-refractivity contribution in [1.29, 1.82) is 0 Å². The lowest BCUT2D eigenvalue weighted by Crippen LogP contribution is -2.48. The van der Waals surface area contributed by atoms with Crippen molar-refractivity contribution in [2.45, 2.75) is 52.2 Å². The molecule has 0 radical (unpaired) electrons. The van der Waals surface area contributed by atoms with Gasteiger partial charge < -0.3 is 19.1 Å². The van der Waals surface area contributed by atoms with Crippen molar-refractivity contribution in [2.24, 2.45) is 0 Å². The monoisotopic (exact) mass is 358 g/mol. The fourth-order valence-corrected chi connectivity index (χ4v) is 3.37. The topological polar surface area (TPSA) is 42.0 Å². The summed E-state index contributed by atoms with van der Waals surface area (Å²) in [5.74, 6) is 0.212. The molecule has 0 atom stereocenters. The van der Waals surface area contributed by atoms with E-state index in [9.17, 15) is 4.79 Å². The fourth-order valence-electron chi connectivity index (χ4n) is 3.37. The van der Waals surface area contributed by atoms with Crippen LogP contribution >= 0.6 is 0 Å². The van der Waals surface area contributed by atoms with Gasteiger partial charge in [0.15, 0.2) is 0 Å². The Kier molecular flexibility index (Phi) is 5.47. The Morgan fingerprint density at radius 2 is 1.54 bits per heavy atom. The summed E-state index contributed by atoms with van der Waals surface area (Å²) in [5.41, 5.74) is 1.35. The van der Waals surface area contributed by atoms with Gasteiger partial charge >= 0.3 is 7.12 Å². The molecule has 1 aromatic rings. The predicted octanol–water partition coefficient (Wildman–Crippen LogP) is 1.69. The quantitative estimate of drug-likeness (QED) is 0.769. The molecule has 5 nitrogen and oxygen atoms in total. The molecule has 2 saturated heterocycles. The van der Waals surface area contributed by atoms with Crippen molar-refractivity contribution in [3.8, 4) is 0 Å². The molecule has 0 N–H and O–H groups in total. The molecule has 3 rings (SSSR count). The zero-order chi connectivity index (χ0) is 18.9. The predicted molar refractivity (Wildman–Crippen MR) is 105 cm³/mol. The number of piperazine rings is 1. The number of likely N-dealkylation sites (N-methyl/N-ethyl adjacent to an activating group) is 1. The van der Waals surface area contributed by atoms with Crippen LogP contribution in [0.4, 0.5) is 0 Å². The maximum Gasteiger partial charge on any atom is 0.494 e. The number of carbonyl (C=O) groups excluding carboxylic acids is 1. The van der Waals surface area contributed by atoms with Gasteiger partial charge in [0.25, 0.3) is 0 Å². The number of carbonyl (C=O) groups is 1. The summed E-state index contributed by atoms with van der Waals surface area (Å²) in [6, 6.07) is 8.06. The van der Waals surface area contributed by atoms with Crippen LogP contribution in [0, 0.1) is 0 Å². The Hall–Kier alpha value is -1.37. The molecule has 0 bridgehead atoms. The van der Waals surface area contributed by atoms with E-state index in [4.69, 9.17) is 9.31 Å².